The Balaban J connectivity index is 1.62. The zero-order valence-electron chi connectivity index (χ0n) is 8.99. The van der Waals surface area contributed by atoms with E-state index in [4.69, 9.17) is 0 Å². The smallest absolute Gasteiger partial charge is 0.307 e. The Bertz CT molecular complexity index is 267. The topological polar surface area (TPSA) is 55.4 Å². The first-order valence-electron chi connectivity index (χ1n) is 5.55. The number of amides is 1. The molecule has 15 heavy (non-hydrogen) atoms. The molecule has 84 valence electrons. The number of hydrogen-bond acceptors (Lipinski definition) is 3. The van der Waals surface area contributed by atoms with Crippen LogP contribution in [0.4, 0.5) is 0 Å². The van der Waals surface area contributed by atoms with E-state index in [0.29, 0.717) is 6.54 Å². The van der Waals surface area contributed by atoms with Crippen molar-refractivity contribution in [1.29, 1.82) is 0 Å². The van der Waals surface area contributed by atoms with Gasteiger partial charge in [0.15, 0.2) is 0 Å². The Hall–Kier alpha value is -1.06. The lowest BCUT2D eigenvalue weighted by Crippen LogP contribution is -2.31. The largest absolute Gasteiger partial charge is 0.469 e. The second-order valence-electron chi connectivity index (χ2n) is 4.54. The summed E-state index contributed by atoms with van der Waals surface area (Å²) in [6, 6.07) is 0. The molecule has 0 saturated heterocycles. The number of carbonyl (C=O) groups excluding carboxylic acids is 2. The molecule has 2 unspecified atom stereocenters. The summed E-state index contributed by atoms with van der Waals surface area (Å²) in [4.78, 5) is 22.4. The molecule has 0 heterocycles. The van der Waals surface area contributed by atoms with E-state index >= 15 is 0 Å². The van der Waals surface area contributed by atoms with Gasteiger partial charge in [-0.3, -0.25) is 9.59 Å². The maximum Gasteiger partial charge on any atom is 0.307 e. The molecular weight excluding hydrogens is 194 g/mol. The molecule has 0 spiro atoms. The molecule has 0 radical (unpaired) electrons. The van der Waals surface area contributed by atoms with Gasteiger partial charge in [0.2, 0.25) is 5.91 Å². The molecule has 2 rings (SSSR count). The molecule has 0 aliphatic heterocycles. The maximum absolute atomic E-state index is 11.6. The molecule has 4 heteroatoms. The van der Waals surface area contributed by atoms with E-state index in [2.05, 4.69) is 10.1 Å². The molecule has 0 bridgehead atoms. The summed E-state index contributed by atoms with van der Waals surface area (Å²) in [5.74, 6) is 1.68. The van der Waals surface area contributed by atoms with Crippen molar-refractivity contribution in [2.24, 2.45) is 17.8 Å². The van der Waals surface area contributed by atoms with Crippen LogP contribution in [0.2, 0.25) is 0 Å². The lowest BCUT2D eigenvalue weighted by Gasteiger charge is -2.11. The maximum atomic E-state index is 11.6. The van der Waals surface area contributed by atoms with Crippen molar-refractivity contribution in [3.05, 3.63) is 0 Å². The van der Waals surface area contributed by atoms with Crippen LogP contribution in [0.25, 0.3) is 0 Å². The van der Waals surface area contributed by atoms with E-state index in [9.17, 15) is 9.59 Å². The molecule has 0 aromatic rings. The van der Waals surface area contributed by atoms with Crippen molar-refractivity contribution in [2.45, 2.75) is 25.7 Å². The first-order valence-corrected chi connectivity index (χ1v) is 5.55. The zero-order chi connectivity index (χ0) is 10.8. The first-order chi connectivity index (χ1) is 7.20. The minimum atomic E-state index is -0.274. The van der Waals surface area contributed by atoms with Gasteiger partial charge in [0.05, 0.1) is 13.5 Å². The fourth-order valence-corrected chi connectivity index (χ4v) is 2.46. The van der Waals surface area contributed by atoms with Crippen molar-refractivity contribution in [2.75, 3.05) is 13.7 Å². The molecule has 0 aromatic carbocycles. The van der Waals surface area contributed by atoms with Gasteiger partial charge in [-0.25, -0.2) is 0 Å². The van der Waals surface area contributed by atoms with Crippen molar-refractivity contribution in [3.63, 3.8) is 0 Å². The van der Waals surface area contributed by atoms with Gasteiger partial charge >= 0.3 is 5.97 Å². The number of esters is 1. The lowest BCUT2D eigenvalue weighted by atomic mass is 10.0. The van der Waals surface area contributed by atoms with Gasteiger partial charge in [-0.2, -0.15) is 0 Å². The van der Waals surface area contributed by atoms with Crippen LogP contribution in [-0.2, 0) is 14.3 Å². The van der Waals surface area contributed by atoms with Gasteiger partial charge in [-0.05, 0) is 31.1 Å². The Morgan fingerprint density at radius 2 is 1.93 bits per heavy atom. The molecule has 2 saturated carbocycles. The average Bonchev–Trinajstić information content (AvgIpc) is 2.85. The summed E-state index contributed by atoms with van der Waals surface area (Å²) in [6.07, 6.45) is 3.69. The van der Waals surface area contributed by atoms with Gasteiger partial charge in [0.25, 0.3) is 0 Å². The summed E-state index contributed by atoms with van der Waals surface area (Å²) in [6.45, 7) is 0.400. The second kappa shape index (κ2) is 4.21. The van der Waals surface area contributed by atoms with Crippen molar-refractivity contribution in [3.8, 4) is 0 Å². The fourth-order valence-electron chi connectivity index (χ4n) is 2.46. The van der Waals surface area contributed by atoms with E-state index in [0.717, 1.165) is 24.7 Å². The number of carbonyl (C=O) groups is 2. The molecule has 1 N–H and O–H groups in total. The van der Waals surface area contributed by atoms with Crippen LogP contribution >= 0.6 is 0 Å². The average molecular weight is 211 g/mol. The van der Waals surface area contributed by atoms with Crippen LogP contribution in [0.5, 0.6) is 0 Å². The minimum Gasteiger partial charge on any atom is -0.469 e. The highest BCUT2D eigenvalue weighted by Gasteiger charge is 2.47. The van der Waals surface area contributed by atoms with E-state index < -0.39 is 0 Å². The second-order valence-corrected chi connectivity index (χ2v) is 4.54. The predicted octanol–water partition coefficient (Wildman–Crippen LogP) is 0.712. The van der Waals surface area contributed by atoms with E-state index in [1.807, 2.05) is 0 Å². The molecule has 2 fully saturated rings. The third kappa shape index (κ3) is 2.49. The normalized spacial score (nSPS) is 31.9. The summed E-state index contributed by atoms with van der Waals surface area (Å²) in [5, 5.41) is 2.79. The summed E-state index contributed by atoms with van der Waals surface area (Å²) in [7, 11) is 1.36. The molecule has 2 aliphatic carbocycles. The minimum absolute atomic E-state index is 0.117. The highest BCUT2D eigenvalue weighted by Crippen LogP contribution is 2.54. The van der Waals surface area contributed by atoms with Gasteiger partial charge < -0.3 is 10.1 Å². The number of rotatable bonds is 4. The van der Waals surface area contributed by atoms with Gasteiger partial charge in [-0.1, -0.05) is 0 Å². The summed E-state index contributed by atoms with van der Waals surface area (Å²) in [5.41, 5.74) is 0. The van der Waals surface area contributed by atoms with Gasteiger partial charge in [0.1, 0.15) is 0 Å². The van der Waals surface area contributed by atoms with Crippen molar-refractivity contribution in [1.82, 2.24) is 5.32 Å². The lowest BCUT2D eigenvalue weighted by molar-refractivity contribution is -0.140. The quantitative estimate of drug-likeness (QED) is 0.697. The van der Waals surface area contributed by atoms with Crippen LogP contribution in [0.3, 0.4) is 0 Å². The van der Waals surface area contributed by atoms with Crippen LogP contribution in [-0.4, -0.2) is 25.5 Å². The Morgan fingerprint density at radius 3 is 2.53 bits per heavy atom. The predicted molar refractivity (Wildman–Crippen MR) is 54.0 cm³/mol. The molecule has 1 amide bonds. The first kappa shape index (κ1) is 10.5. The standard InChI is InChI=1S/C11H17NO3/c1-15-10(13)2-3-12-11(14)9-5-7-4-8(7)6-9/h7-9H,2-6H2,1H3,(H,12,14). The highest BCUT2D eigenvalue weighted by atomic mass is 16.5. The number of nitrogens with one attached hydrogen (secondary N) is 1. The molecular formula is C11H17NO3. The van der Waals surface area contributed by atoms with Crippen molar-refractivity contribution < 1.29 is 14.3 Å². The highest BCUT2D eigenvalue weighted by molar-refractivity contribution is 5.80. The Morgan fingerprint density at radius 1 is 1.27 bits per heavy atom. The van der Waals surface area contributed by atoms with Crippen LogP contribution in [0.1, 0.15) is 25.7 Å². The molecule has 2 atom stereocenters. The van der Waals surface area contributed by atoms with Gasteiger partial charge in [0, 0.05) is 12.5 Å². The number of methoxy groups -OCH3 is 1. The van der Waals surface area contributed by atoms with Crippen LogP contribution in [0.15, 0.2) is 0 Å². The van der Waals surface area contributed by atoms with Gasteiger partial charge in [-0.15, -0.1) is 0 Å². The van der Waals surface area contributed by atoms with E-state index in [1.165, 1.54) is 13.5 Å². The SMILES string of the molecule is COC(=O)CCNC(=O)C1CC2CC2C1. The molecule has 4 nitrogen and oxygen atoms in total. The van der Waals surface area contributed by atoms with E-state index in [1.54, 1.807) is 0 Å². The monoisotopic (exact) mass is 211 g/mol. The number of fused-ring (bicyclic) bond motifs is 1. The third-order valence-corrected chi connectivity index (χ3v) is 3.47. The number of ether oxygens (including phenoxy) is 1. The number of hydrogen-bond donors (Lipinski definition) is 1. The third-order valence-electron chi connectivity index (χ3n) is 3.47. The fraction of sp³-hybridized carbons (Fsp3) is 0.818. The summed E-state index contributed by atoms with van der Waals surface area (Å²) >= 11 is 0. The summed E-state index contributed by atoms with van der Waals surface area (Å²) < 4.78 is 4.49. The Kier molecular flexibility index (Phi) is 2.93. The van der Waals surface area contributed by atoms with Crippen LogP contribution in [0, 0.1) is 17.8 Å². The Labute approximate surface area is 89.4 Å². The molecule has 0 aromatic heterocycles. The zero-order valence-corrected chi connectivity index (χ0v) is 8.99. The van der Waals surface area contributed by atoms with E-state index in [-0.39, 0.29) is 24.2 Å². The van der Waals surface area contributed by atoms with Crippen LogP contribution < -0.4 is 5.32 Å². The van der Waals surface area contributed by atoms with Crippen molar-refractivity contribution >= 4 is 11.9 Å². The molecule has 2 aliphatic rings.